The Morgan fingerprint density at radius 1 is 0.906 bits per heavy atom. The average molecular weight is 483 g/mol. The van der Waals surface area contributed by atoms with Crippen molar-refractivity contribution in [1.82, 2.24) is 0 Å². The van der Waals surface area contributed by atoms with Crippen LogP contribution in [0.1, 0.15) is 10.6 Å². The molecule has 1 aromatic heterocycles. The smallest absolute Gasteiger partial charge is 0.298 e. The molecule has 0 atom stereocenters. The van der Waals surface area contributed by atoms with Crippen molar-refractivity contribution in [3.8, 4) is 11.3 Å². The number of nitro groups is 1. The Morgan fingerprint density at radius 3 is 2.44 bits per heavy atom. The van der Waals surface area contributed by atoms with Crippen molar-refractivity contribution in [3.05, 3.63) is 98.7 Å². The number of carbonyl (C=O) groups is 1. The van der Waals surface area contributed by atoms with Crippen LogP contribution in [0.4, 0.5) is 17.1 Å². The Morgan fingerprint density at radius 2 is 1.62 bits per heavy atom. The summed E-state index contributed by atoms with van der Waals surface area (Å²) in [5.41, 5.74) is 1.37. The molecule has 1 aliphatic rings. The predicted molar refractivity (Wildman–Crippen MR) is 124 cm³/mol. The van der Waals surface area contributed by atoms with Crippen LogP contribution < -0.4 is 4.90 Å². The molecule has 9 heteroatoms. The lowest BCUT2D eigenvalue weighted by Crippen LogP contribution is -2.28. The molecule has 5 rings (SSSR count). The molecule has 0 bridgehead atoms. The third-order valence-corrected chi connectivity index (χ3v) is 6.53. The highest BCUT2D eigenvalue weighted by atomic mass is 35.5. The fraction of sp³-hybridized carbons (Fsp3) is 0. The van der Waals surface area contributed by atoms with Crippen molar-refractivity contribution in [2.45, 2.75) is 9.79 Å². The van der Waals surface area contributed by atoms with Gasteiger partial charge in [-0.3, -0.25) is 19.8 Å². The van der Waals surface area contributed by atoms with E-state index in [1.807, 2.05) is 30.3 Å². The zero-order valence-corrected chi connectivity index (χ0v) is 18.4. The molecule has 0 spiro atoms. The molecule has 0 aliphatic carbocycles. The number of carbonyl (C=O) groups excluding carboxylic acids is 1. The van der Waals surface area contributed by atoms with Gasteiger partial charge in [-0.2, -0.15) is 0 Å². The first-order chi connectivity index (χ1) is 15.4. The zero-order valence-electron chi connectivity index (χ0n) is 16.1. The molecular formula is C23H12Cl2N2O4S. The minimum atomic E-state index is -0.540. The fourth-order valence-corrected chi connectivity index (χ4v) is 4.89. The van der Waals surface area contributed by atoms with Crippen LogP contribution in [-0.2, 0) is 0 Å². The summed E-state index contributed by atoms with van der Waals surface area (Å²) in [6.07, 6.45) is 0. The Balaban J connectivity index is 1.60. The summed E-state index contributed by atoms with van der Waals surface area (Å²) in [5, 5.41) is 12.2. The zero-order chi connectivity index (χ0) is 22.4. The molecule has 0 saturated carbocycles. The summed E-state index contributed by atoms with van der Waals surface area (Å²) in [5.74, 6) is -0.177. The largest absolute Gasteiger partial charge is 0.451 e. The number of halogens is 2. The van der Waals surface area contributed by atoms with Crippen molar-refractivity contribution in [1.29, 1.82) is 0 Å². The summed E-state index contributed by atoms with van der Waals surface area (Å²) in [4.78, 5) is 27.8. The highest BCUT2D eigenvalue weighted by Gasteiger charge is 2.31. The summed E-state index contributed by atoms with van der Waals surface area (Å²) >= 11 is 13.7. The quantitative estimate of drug-likeness (QED) is 0.222. The molecule has 1 aliphatic heterocycles. The number of nitrogens with zero attached hydrogens (tertiary/aromatic N) is 2. The van der Waals surface area contributed by atoms with Crippen LogP contribution in [0.2, 0.25) is 10.0 Å². The van der Waals surface area contributed by atoms with Crippen LogP contribution >= 0.6 is 35.0 Å². The Labute approximate surface area is 196 Å². The fourth-order valence-electron chi connectivity index (χ4n) is 3.52. The maximum absolute atomic E-state index is 13.6. The SMILES string of the molecule is O=C(c1ccc(-c2ccc(Cl)cc2[N+](=O)[O-])o1)N1c2ccccc2Sc2ccc(Cl)cc21. The second kappa shape index (κ2) is 8.02. The number of para-hydroxylation sites is 1. The monoisotopic (exact) mass is 482 g/mol. The van der Waals surface area contributed by atoms with Crippen molar-refractivity contribution >= 4 is 57.9 Å². The summed E-state index contributed by atoms with van der Waals surface area (Å²) in [7, 11) is 0. The van der Waals surface area contributed by atoms with Gasteiger partial charge >= 0.3 is 0 Å². The molecular weight excluding hydrogens is 471 g/mol. The highest BCUT2D eigenvalue weighted by Crippen LogP contribution is 2.49. The lowest BCUT2D eigenvalue weighted by atomic mass is 10.1. The molecule has 6 nitrogen and oxygen atoms in total. The number of furan rings is 1. The van der Waals surface area contributed by atoms with Gasteiger partial charge < -0.3 is 4.42 Å². The number of amides is 1. The van der Waals surface area contributed by atoms with E-state index < -0.39 is 10.8 Å². The lowest BCUT2D eigenvalue weighted by molar-refractivity contribution is -0.384. The maximum atomic E-state index is 13.6. The van der Waals surface area contributed by atoms with Gasteiger partial charge in [-0.05, 0) is 54.6 Å². The molecule has 0 radical (unpaired) electrons. The van der Waals surface area contributed by atoms with Gasteiger partial charge in [0.1, 0.15) is 5.76 Å². The first-order valence-corrected chi connectivity index (χ1v) is 10.9. The molecule has 0 unspecified atom stereocenters. The van der Waals surface area contributed by atoms with Crippen LogP contribution in [0.15, 0.2) is 87.0 Å². The predicted octanol–water partition coefficient (Wildman–Crippen LogP) is 7.60. The number of nitro benzene ring substituents is 1. The average Bonchev–Trinajstić information content (AvgIpc) is 3.27. The highest BCUT2D eigenvalue weighted by molar-refractivity contribution is 7.99. The number of hydrogen-bond acceptors (Lipinski definition) is 5. The first-order valence-electron chi connectivity index (χ1n) is 9.37. The van der Waals surface area contributed by atoms with Crippen molar-refractivity contribution < 1.29 is 14.1 Å². The number of hydrogen-bond donors (Lipinski definition) is 0. The molecule has 2 heterocycles. The van der Waals surface area contributed by atoms with E-state index in [9.17, 15) is 14.9 Å². The second-order valence-electron chi connectivity index (χ2n) is 6.90. The Hall–Kier alpha value is -3.26. The minimum Gasteiger partial charge on any atom is -0.451 e. The van der Waals surface area contributed by atoms with E-state index in [0.717, 1.165) is 9.79 Å². The van der Waals surface area contributed by atoms with E-state index in [0.29, 0.717) is 16.4 Å². The molecule has 32 heavy (non-hydrogen) atoms. The molecule has 0 N–H and O–H groups in total. The van der Waals surface area contributed by atoms with Gasteiger partial charge in [0, 0.05) is 25.9 Å². The lowest BCUT2D eigenvalue weighted by Gasteiger charge is -2.30. The van der Waals surface area contributed by atoms with Crippen LogP contribution in [0, 0.1) is 10.1 Å². The van der Waals surface area contributed by atoms with Crippen LogP contribution in [0.5, 0.6) is 0 Å². The number of rotatable bonds is 3. The summed E-state index contributed by atoms with van der Waals surface area (Å²) in [6, 6.07) is 20.2. The van der Waals surface area contributed by atoms with Crippen LogP contribution in [0.3, 0.4) is 0 Å². The van der Waals surface area contributed by atoms with Crippen LogP contribution in [-0.4, -0.2) is 10.8 Å². The maximum Gasteiger partial charge on any atom is 0.298 e. The van der Waals surface area contributed by atoms with Crippen molar-refractivity contribution in [3.63, 3.8) is 0 Å². The van der Waals surface area contributed by atoms with Gasteiger partial charge in [0.2, 0.25) is 0 Å². The van der Waals surface area contributed by atoms with E-state index in [1.165, 1.54) is 30.3 Å². The molecule has 158 valence electrons. The minimum absolute atomic E-state index is 0.0388. The Kier molecular flexibility index (Phi) is 5.17. The molecule has 0 saturated heterocycles. The van der Waals surface area contributed by atoms with Gasteiger partial charge in [0.05, 0.1) is 21.9 Å². The topological polar surface area (TPSA) is 76.6 Å². The Bertz CT molecular complexity index is 1400. The van der Waals surface area contributed by atoms with E-state index in [-0.39, 0.29) is 27.8 Å². The van der Waals surface area contributed by atoms with Gasteiger partial charge in [-0.15, -0.1) is 0 Å². The summed E-state index contributed by atoms with van der Waals surface area (Å²) < 4.78 is 5.80. The summed E-state index contributed by atoms with van der Waals surface area (Å²) in [6.45, 7) is 0. The molecule has 3 aromatic carbocycles. The van der Waals surface area contributed by atoms with E-state index >= 15 is 0 Å². The van der Waals surface area contributed by atoms with Gasteiger partial charge in [-0.25, -0.2) is 0 Å². The van der Waals surface area contributed by atoms with Gasteiger partial charge in [-0.1, -0.05) is 47.1 Å². The van der Waals surface area contributed by atoms with Crippen molar-refractivity contribution in [2.75, 3.05) is 4.90 Å². The molecule has 0 fully saturated rings. The third kappa shape index (κ3) is 3.54. The van der Waals surface area contributed by atoms with Gasteiger partial charge in [0.25, 0.3) is 11.6 Å². The normalized spacial score (nSPS) is 12.2. The number of benzene rings is 3. The molecule has 4 aromatic rings. The first kappa shape index (κ1) is 20.6. The van der Waals surface area contributed by atoms with E-state index in [4.69, 9.17) is 27.6 Å². The third-order valence-electron chi connectivity index (χ3n) is 4.93. The van der Waals surface area contributed by atoms with Crippen molar-refractivity contribution in [2.24, 2.45) is 0 Å². The standard InChI is InChI=1S/C23H12Cl2N2O4S/c24-13-5-7-15(17(11-13)27(29)30)19-8-9-20(31-19)23(28)26-16-3-1-2-4-21(16)32-22-10-6-14(25)12-18(22)26/h1-12H. The number of fused-ring (bicyclic) bond motifs is 2. The van der Waals surface area contributed by atoms with Gasteiger partial charge in [0.15, 0.2) is 5.76 Å². The number of anilines is 2. The second-order valence-corrected chi connectivity index (χ2v) is 8.86. The molecule has 1 amide bonds. The van der Waals surface area contributed by atoms with E-state index in [1.54, 1.807) is 28.8 Å². The van der Waals surface area contributed by atoms with Crippen LogP contribution in [0.25, 0.3) is 11.3 Å². The van der Waals surface area contributed by atoms with E-state index in [2.05, 4.69) is 0 Å².